The molecule has 1 aromatic rings. The number of nitrogens with two attached hydrogens (primary N) is 1. The summed E-state index contributed by atoms with van der Waals surface area (Å²) >= 11 is 3.45. The van der Waals surface area contributed by atoms with Crippen LogP contribution in [0, 0.1) is 0 Å². The minimum absolute atomic E-state index is 0.000579. The van der Waals surface area contributed by atoms with Crippen LogP contribution in [-0.2, 0) is 0 Å². The Morgan fingerprint density at radius 2 is 2.39 bits per heavy atom. The first-order valence-electron chi connectivity index (χ1n) is 6.13. The van der Waals surface area contributed by atoms with Crippen LogP contribution in [0.5, 0.6) is 0 Å². The van der Waals surface area contributed by atoms with Gasteiger partial charge in [0.1, 0.15) is 0 Å². The molecule has 0 aliphatic carbocycles. The van der Waals surface area contributed by atoms with Gasteiger partial charge in [-0.05, 0) is 31.0 Å². The molecule has 4 nitrogen and oxygen atoms in total. The van der Waals surface area contributed by atoms with Gasteiger partial charge in [0.15, 0.2) is 0 Å². The Hall–Kier alpha value is -1.07. The van der Waals surface area contributed by atoms with E-state index in [2.05, 4.69) is 21.2 Å². The van der Waals surface area contributed by atoms with E-state index in [1.165, 1.54) is 0 Å². The zero-order chi connectivity index (χ0) is 13.1. The highest BCUT2D eigenvalue weighted by molar-refractivity contribution is 9.10. The van der Waals surface area contributed by atoms with Gasteiger partial charge in [0.05, 0.1) is 6.04 Å². The second kappa shape index (κ2) is 5.71. The Labute approximate surface area is 116 Å². The van der Waals surface area contributed by atoms with Crippen molar-refractivity contribution in [3.63, 3.8) is 0 Å². The quantitative estimate of drug-likeness (QED) is 0.896. The number of benzene rings is 1. The van der Waals surface area contributed by atoms with Crippen LogP contribution in [0.1, 0.15) is 24.9 Å². The fourth-order valence-electron chi connectivity index (χ4n) is 2.05. The fourth-order valence-corrected chi connectivity index (χ4v) is 2.47. The highest BCUT2D eigenvalue weighted by atomic mass is 79.9. The standard InChI is InChI=1S/C13H18BrN3O/c1-9(15)5-6-17-8-12(16-13(17)18)10-3-2-4-11(14)7-10/h2-4,7,9,12H,5-6,8,15H2,1H3,(H,16,18). The Balaban J connectivity index is 2.00. The molecular weight excluding hydrogens is 294 g/mol. The van der Waals surface area contributed by atoms with Crippen LogP contribution in [-0.4, -0.2) is 30.1 Å². The SMILES string of the molecule is CC(N)CCN1CC(c2cccc(Br)c2)NC1=O. The molecular formula is C13H18BrN3O. The molecule has 1 saturated heterocycles. The average Bonchev–Trinajstić information content (AvgIpc) is 2.68. The van der Waals surface area contributed by atoms with E-state index in [4.69, 9.17) is 5.73 Å². The molecule has 2 atom stereocenters. The molecule has 3 N–H and O–H groups in total. The smallest absolute Gasteiger partial charge is 0.318 e. The van der Waals surface area contributed by atoms with Gasteiger partial charge in [-0.2, -0.15) is 0 Å². The Morgan fingerprint density at radius 3 is 3.06 bits per heavy atom. The highest BCUT2D eigenvalue weighted by Crippen LogP contribution is 2.23. The second-order valence-electron chi connectivity index (χ2n) is 4.77. The minimum atomic E-state index is 0.000579. The summed E-state index contributed by atoms with van der Waals surface area (Å²) in [7, 11) is 0. The van der Waals surface area contributed by atoms with Gasteiger partial charge in [0.25, 0.3) is 0 Å². The molecule has 1 heterocycles. The molecule has 18 heavy (non-hydrogen) atoms. The monoisotopic (exact) mass is 311 g/mol. The molecule has 98 valence electrons. The van der Waals surface area contributed by atoms with Crippen LogP contribution in [0.3, 0.4) is 0 Å². The molecule has 2 rings (SSSR count). The third-order valence-corrected chi connectivity index (χ3v) is 3.59. The molecule has 1 fully saturated rings. The van der Waals surface area contributed by atoms with Crippen molar-refractivity contribution in [1.29, 1.82) is 0 Å². The summed E-state index contributed by atoms with van der Waals surface area (Å²) in [4.78, 5) is 13.6. The van der Waals surface area contributed by atoms with Gasteiger partial charge in [-0.15, -0.1) is 0 Å². The minimum Gasteiger partial charge on any atom is -0.329 e. The normalized spacial score (nSPS) is 20.9. The molecule has 0 bridgehead atoms. The van der Waals surface area contributed by atoms with Gasteiger partial charge in [-0.3, -0.25) is 0 Å². The predicted octanol–water partition coefficient (Wildman–Crippen LogP) is 2.25. The molecule has 0 radical (unpaired) electrons. The van der Waals surface area contributed by atoms with Gasteiger partial charge in [-0.25, -0.2) is 4.79 Å². The van der Waals surface area contributed by atoms with Gasteiger partial charge in [0.2, 0.25) is 0 Å². The first-order chi connectivity index (χ1) is 8.56. The maximum Gasteiger partial charge on any atom is 0.318 e. The Morgan fingerprint density at radius 1 is 1.61 bits per heavy atom. The molecule has 2 amide bonds. The lowest BCUT2D eigenvalue weighted by Gasteiger charge is -2.16. The zero-order valence-electron chi connectivity index (χ0n) is 10.4. The molecule has 5 heteroatoms. The molecule has 2 unspecified atom stereocenters. The second-order valence-corrected chi connectivity index (χ2v) is 5.68. The number of rotatable bonds is 4. The van der Waals surface area contributed by atoms with Crippen molar-refractivity contribution in [2.45, 2.75) is 25.4 Å². The van der Waals surface area contributed by atoms with E-state index in [-0.39, 0.29) is 18.1 Å². The van der Waals surface area contributed by atoms with E-state index in [0.29, 0.717) is 13.1 Å². The van der Waals surface area contributed by atoms with E-state index in [0.717, 1.165) is 16.5 Å². The first kappa shape index (κ1) is 13.4. The number of urea groups is 1. The Kier molecular flexibility index (Phi) is 4.24. The highest BCUT2D eigenvalue weighted by Gasteiger charge is 2.29. The number of nitrogens with zero attached hydrogens (tertiary/aromatic N) is 1. The van der Waals surface area contributed by atoms with E-state index < -0.39 is 0 Å². The van der Waals surface area contributed by atoms with E-state index in [1.54, 1.807) is 0 Å². The summed E-state index contributed by atoms with van der Waals surface area (Å²) in [5.74, 6) is 0. The van der Waals surface area contributed by atoms with Crippen molar-refractivity contribution in [2.24, 2.45) is 5.73 Å². The van der Waals surface area contributed by atoms with E-state index >= 15 is 0 Å². The first-order valence-corrected chi connectivity index (χ1v) is 6.92. The van der Waals surface area contributed by atoms with Crippen molar-refractivity contribution in [1.82, 2.24) is 10.2 Å². The molecule has 1 aliphatic rings. The third-order valence-electron chi connectivity index (χ3n) is 3.09. The topological polar surface area (TPSA) is 58.4 Å². The van der Waals surface area contributed by atoms with Crippen LogP contribution in [0.25, 0.3) is 0 Å². The molecule has 0 saturated carbocycles. The van der Waals surface area contributed by atoms with Crippen LogP contribution in [0.2, 0.25) is 0 Å². The number of carbonyl (C=O) groups excluding carboxylic acids is 1. The fraction of sp³-hybridized carbons (Fsp3) is 0.462. The van der Waals surface area contributed by atoms with E-state index in [9.17, 15) is 4.79 Å². The van der Waals surface area contributed by atoms with Gasteiger partial charge in [-0.1, -0.05) is 28.1 Å². The lowest BCUT2D eigenvalue weighted by Crippen LogP contribution is -2.32. The Bertz CT molecular complexity index is 436. The lowest BCUT2D eigenvalue weighted by molar-refractivity contribution is 0.216. The van der Waals surface area contributed by atoms with Crippen molar-refractivity contribution < 1.29 is 4.79 Å². The van der Waals surface area contributed by atoms with Crippen LogP contribution in [0.4, 0.5) is 4.79 Å². The number of hydrogen-bond donors (Lipinski definition) is 2. The summed E-state index contributed by atoms with van der Waals surface area (Å²) in [5.41, 5.74) is 6.84. The van der Waals surface area contributed by atoms with Gasteiger partial charge < -0.3 is 16.0 Å². The number of carbonyl (C=O) groups is 1. The van der Waals surface area contributed by atoms with Gasteiger partial charge >= 0.3 is 6.03 Å². The largest absolute Gasteiger partial charge is 0.329 e. The number of hydrogen-bond acceptors (Lipinski definition) is 2. The average molecular weight is 312 g/mol. The lowest BCUT2D eigenvalue weighted by atomic mass is 10.1. The van der Waals surface area contributed by atoms with Crippen molar-refractivity contribution in [3.05, 3.63) is 34.3 Å². The van der Waals surface area contributed by atoms with Crippen molar-refractivity contribution in [3.8, 4) is 0 Å². The molecule has 0 spiro atoms. The van der Waals surface area contributed by atoms with E-state index in [1.807, 2.05) is 36.1 Å². The number of halogens is 1. The van der Waals surface area contributed by atoms with Crippen LogP contribution < -0.4 is 11.1 Å². The van der Waals surface area contributed by atoms with Gasteiger partial charge in [0, 0.05) is 23.6 Å². The zero-order valence-corrected chi connectivity index (χ0v) is 12.0. The van der Waals surface area contributed by atoms with Crippen LogP contribution in [0.15, 0.2) is 28.7 Å². The van der Waals surface area contributed by atoms with Crippen LogP contribution >= 0.6 is 15.9 Å². The molecule has 1 aromatic carbocycles. The number of nitrogens with one attached hydrogen (secondary N) is 1. The number of amides is 2. The predicted molar refractivity (Wildman–Crippen MR) is 75.3 cm³/mol. The van der Waals surface area contributed by atoms with Crippen molar-refractivity contribution in [2.75, 3.05) is 13.1 Å². The summed E-state index contributed by atoms with van der Waals surface area (Å²) in [5, 5.41) is 3.00. The maximum atomic E-state index is 11.8. The summed E-state index contributed by atoms with van der Waals surface area (Å²) in [6.45, 7) is 3.38. The summed E-state index contributed by atoms with van der Waals surface area (Å²) < 4.78 is 1.03. The third kappa shape index (κ3) is 3.23. The molecule has 1 aliphatic heterocycles. The molecule has 0 aromatic heterocycles. The summed E-state index contributed by atoms with van der Waals surface area (Å²) in [6.07, 6.45) is 0.832. The summed E-state index contributed by atoms with van der Waals surface area (Å²) in [6, 6.07) is 8.24. The maximum absolute atomic E-state index is 11.8. The van der Waals surface area contributed by atoms with Crippen molar-refractivity contribution >= 4 is 22.0 Å².